The average Bonchev–Trinajstić information content (AvgIpc) is 2.98. The Morgan fingerprint density at radius 2 is 2.33 bits per heavy atom. The van der Waals surface area contributed by atoms with Gasteiger partial charge >= 0.3 is 0 Å². The number of hydrogen-bond donors (Lipinski definition) is 0. The highest BCUT2D eigenvalue weighted by Crippen LogP contribution is 2.21. The first-order valence-electron chi connectivity index (χ1n) is 6.42. The number of rotatable bonds is 3. The summed E-state index contributed by atoms with van der Waals surface area (Å²) in [4.78, 5) is 6.13. The maximum Gasteiger partial charge on any atom is 0.216 e. The number of nitrogens with zero attached hydrogens (tertiary/aromatic N) is 2. The third-order valence-electron chi connectivity index (χ3n) is 3.58. The maximum absolute atomic E-state index is 12.9. The summed E-state index contributed by atoms with van der Waals surface area (Å²) in [6.07, 6.45) is 2.18. The van der Waals surface area contributed by atoms with E-state index in [1.165, 1.54) is 6.07 Å². The Morgan fingerprint density at radius 1 is 1.39 bits per heavy atom. The molecule has 4 nitrogen and oxygen atoms in total. The molecule has 0 amide bonds. The van der Waals surface area contributed by atoms with E-state index in [1.54, 1.807) is 12.1 Å². The first-order chi connectivity index (χ1) is 8.81. The van der Waals surface area contributed by atoms with Gasteiger partial charge in [-0.2, -0.15) is 9.37 Å². The summed E-state index contributed by atoms with van der Waals surface area (Å²) in [6.45, 7) is 3.59. The van der Waals surface area contributed by atoms with Gasteiger partial charge in [0.1, 0.15) is 6.10 Å². The van der Waals surface area contributed by atoms with Gasteiger partial charge in [0.05, 0.1) is 6.61 Å². The summed E-state index contributed by atoms with van der Waals surface area (Å²) < 4.78 is 24.1. The van der Waals surface area contributed by atoms with Crippen molar-refractivity contribution in [2.24, 2.45) is 0 Å². The van der Waals surface area contributed by atoms with Crippen LogP contribution in [0.15, 0.2) is 18.2 Å². The molecule has 1 aromatic heterocycles. The largest absolute Gasteiger partial charge is 0.473 e. The van der Waals surface area contributed by atoms with E-state index in [0.29, 0.717) is 11.9 Å². The van der Waals surface area contributed by atoms with Crippen LogP contribution in [0.3, 0.4) is 0 Å². The van der Waals surface area contributed by atoms with Gasteiger partial charge in [-0.1, -0.05) is 6.07 Å². The summed E-state index contributed by atoms with van der Waals surface area (Å²) in [6, 6.07) is 5.17. The van der Waals surface area contributed by atoms with Crippen LogP contribution in [-0.4, -0.2) is 48.3 Å². The second-order valence-electron chi connectivity index (χ2n) is 4.84. The molecule has 2 aliphatic rings. The second-order valence-corrected chi connectivity index (χ2v) is 4.84. The fourth-order valence-electron chi connectivity index (χ4n) is 2.62. The van der Waals surface area contributed by atoms with Crippen LogP contribution in [0.4, 0.5) is 4.39 Å². The highest BCUT2D eigenvalue weighted by molar-refractivity contribution is 5.11. The number of hydrogen-bond acceptors (Lipinski definition) is 4. The van der Waals surface area contributed by atoms with Crippen LogP contribution in [0.5, 0.6) is 5.88 Å². The van der Waals surface area contributed by atoms with Gasteiger partial charge in [-0.05, 0) is 18.9 Å². The van der Waals surface area contributed by atoms with Gasteiger partial charge in [-0.3, -0.25) is 4.90 Å². The summed E-state index contributed by atoms with van der Waals surface area (Å²) in [5.74, 6) is -0.115. The lowest BCUT2D eigenvalue weighted by Crippen LogP contribution is -2.35. The van der Waals surface area contributed by atoms with Gasteiger partial charge in [0, 0.05) is 31.8 Å². The lowest BCUT2D eigenvalue weighted by Gasteiger charge is -2.22. The van der Waals surface area contributed by atoms with Gasteiger partial charge < -0.3 is 9.47 Å². The van der Waals surface area contributed by atoms with Gasteiger partial charge in [-0.25, -0.2) is 0 Å². The molecule has 5 heteroatoms. The van der Waals surface area contributed by atoms with E-state index in [9.17, 15) is 4.39 Å². The van der Waals surface area contributed by atoms with Gasteiger partial charge in [-0.15, -0.1) is 0 Å². The Morgan fingerprint density at radius 3 is 3.11 bits per heavy atom. The predicted octanol–water partition coefficient (Wildman–Crippen LogP) is 1.46. The number of pyridine rings is 1. The minimum absolute atomic E-state index is 0.111. The Kier molecular flexibility index (Phi) is 3.43. The SMILES string of the molecule is Fc1cccc(OC2CCN(C3CCOC3)C2)n1. The molecule has 3 rings (SSSR count). The number of likely N-dealkylation sites (tertiary alicyclic amines) is 1. The van der Waals surface area contributed by atoms with Crippen LogP contribution in [0.25, 0.3) is 0 Å². The molecule has 0 aliphatic carbocycles. The Hall–Kier alpha value is -1.20. The summed E-state index contributed by atoms with van der Waals surface area (Å²) in [7, 11) is 0. The number of aromatic nitrogens is 1. The van der Waals surface area contributed by atoms with E-state index in [0.717, 1.165) is 39.1 Å². The molecule has 2 fully saturated rings. The van der Waals surface area contributed by atoms with Crippen molar-refractivity contribution in [3.63, 3.8) is 0 Å². The summed E-state index contributed by atoms with van der Waals surface area (Å²) >= 11 is 0. The molecular formula is C13H17FN2O2. The molecule has 0 radical (unpaired) electrons. The zero-order valence-corrected chi connectivity index (χ0v) is 10.2. The third-order valence-corrected chi connectivity index (χ3v) is 3.58. The molecule has 0 bridgehead atoms. The molecule has 2 atom stereocenters. The van der Waals surface area contributed by atoms with E-state index >= 15 is 0 Å². The van der Waals surface area contributed by atoms with Crippen molar-refractivity contribution in [1.82, 2.24) is 9.88 Å². The quantitative estimate of drug-likeness (QED) is 0.763. The zero-order valence-electron chi connectivity index (χ0n) is 10.2. The molecule has 0 aromatic carbocycles. The average molecular weight is 252 g/mol. The highest BCUT2D eigenvalue weighted by Gasteiger charge is 2.31. The molecule has 0 saturated carbocycles. The molecule has 98 valence electrons. The number of halogens is 1. The van der Waals surface area contributed by atoms with E-state index in [2.05, 4.69) is 9.88 Å². The smallest absolute Gasteiger partial charge is 0.216 e. The Labute approximate surface area is 106 Å². The molecule has 3 heterocycles. The lowest BCUT2D eigenvalue weighted by molar-refractivity contribution is 0.143. The summed E-state index contributed by atoms with van der Waals surface area (Å²) in [5.41, 5.74) is 0. The third kappa shape index (κ3) is 2.62. The van der Waals surface area contributed by atoms with Crippen LogP contribution in [0, 0.1) is 5.95 Å². The first kappa shape index (κ1) is 11.9. The van der Waals surface area contributed by atoms with Crippen LogP contribution in [0.2, 0.25) is 0 Å². The fourth-order valence-corrected chi connectivity index (χ4v) is 2.62. The predicted molar refractivity (Wildman–Crippen MR) is 64.0 cm³/mol. The standard InChI is InChI=1S/C13H17FN2O2/c14-12-2-1-3-13(15-12)18-11-4-6-16(8-11)10-5-7-17-9-10/h1-3,10-11H,4-9H2. The van der Waals surface area contributed by atoms with Crippen LogP contribution in [-0.2, 0) is 4.74 Å². The van der Waals surface area contributed by atoms with E-state index in [4.69, 9.17) is 9.47 Å². The van der Waals surface area contributed by atoms with Gasteiger partial charge in [0.15, 0.2) is 0 Å². The van der Waals surface area contributed by atoms with Crippen molar-refractivity contribution in [2.45, 2.75) is 25.0 Å². The van der Waals surface area contributed by atoms with Crippen LogP contribution in [0.1, 0.15) is 12.8 Å². The van der Waals surface area contributed by atoms with E-state index < -0.39 is 5.95 Å². The molecule has 2 aliphatic heterocycles. The number of ether oxygens (including phenoxy) is 2. The monoisotopic (exact) mass is 252 g/mol. The van der Waals surface area contributed by atoms with Crippen LogP contribution >= 0.6 is 0 Å². The molecule has 0 spiro atoms. The molecule has 2 saturated heterocycles. The second kappa shape index (κ2) is 5.20. The zero-order chi connectivity index (χ0) is 12.4. The van der Waals surface area contributed by atoms with E-state index in [-0.39, 0.29) is 6.10 Å². The van der Waals surface area contributed by atoms with Crippen molar-refractivity contribution in [2.75, 3.05) is 26.3 Å². The Bertz CT molecular complexity index is 410. The minimum Gasteiger partial charge on any atom is -0.473 e. The van der Waals surface area contributed by atoms with E-state index in [1.807, 2.05) is 0 Å². The van der Waals surface area contributed by atoms with Crippen molar-refractivity contribution >= 4 is 0 Å². The highest BCUT2D eigenvalue weighted by atomic mass is 19.1. The van der Waals surface area contributed by atoms with Crippen molar-refractivity contribution in [1.29, 1.82) is 0 Å². The van der Waals surface area contributed by atoms with Crippen molar-refractivity contribution in [3.8, 4) is 5.88 Å². The molecule has 2 unspecified atom stereocenters. The maximum atomic E-state index is 12.9. The van der Waals surface area contributed by atoms with Crippen molar-refractivity contribution in [3.05, 3.63) is 24.1 Å². The fraction of sp³-hybridized carbons (Fsp3) is 0.615. The molecular weight excluding hydrogens is 235 g/mol. The first-order valence-corrected chi connectivity index (χ1v) is 6.42. The van der Waals surface area contributed by atoms with Gasteiger partial charge in [0.2, 0.25) is 11.8 Å². The topological polar surface area (TPSA) is 34.6 Å². The molecule has 18 heavy (non-hydrogen) atoms. The Balaban J connectivity index is 1.55. The molecule has 1 aromatic rings. The van der Waals surface area contributed by atoms with Crippen LogP contribution < -0.4 is 4.74 Å². The summed E-state index contributed by atoms with van der Waals surface area (Å²) in [5, 5.41) is 0. The van der Waals surface area contributed by atoms with Crippen molar-refractivity contribution < 1.29 is 13.9 Å². The molecule has 0 N–H and O–H groups in total. The lowest BCUT2D eigenvalue weighted by atomic mass is 10.2. The van der Waals surface area contributed by atoms with Gasteiger partial charge in [0.25, 0.3) is 0 Å². The minimum atomic E-state index is -0.494. The normalized spacial score (nSPS) is 28.7.